The third-order valence-electron chi connectivity index (χ3n) is 2.80. The van der Waals surface area contributed by atoms with Gasteiger partial charge in [-0.2, -0.15) is 0 Å². The molecule has 0 amide bonds. The van der Waals surface area contributed by atoms with Crippen molar-refractivity contribution in [3.63, 3.8) is 0 Å². The minimum Gasteiger partial charge on any atom is -0.390 e. The average Bonchev–Trinajstić information content (AvgIpc) is 2.23. The number of hydrogen-bond donors (Lipinski definition) is 4. The van der Waals surface area contributed by atoms with E-state index >= 15 is 0 Å². The zero-order valence-corrected chi connectivity index (χ0v) is 8.91. The van der Waals surface area contributed by atoms with Crippen LogP contribution < -0.4 is 0 Å². The number of aliphatic hydroxyl groups excluding tert-OH is 4. The van der Waals surface area contributed by atoms with Crippen molar-refractivity contribution in [2.75, 3.05) is 13.2 Å². The van der Waals surface area contributed by atoms with Gasteiger partial charge >= 0.3 is 0 Å². The van der Waals surface area contributed by atoms with Crippen LogP contribution in [0.5, 0.6) is 0 Å². The molecule has 1 aliphatic rings. The first-order chi connectivity index (χ1) is 7.07. The lowest BCUT2D eigenvalue weighted by Crippen LogP contribution is -2.54. The number of hydrogen-bond acceptors (Lipinski definition) is 5. The Balaban J connectivity index is 2.43. The molecule has 0 aromatic rings. The highest BCUT2D eigenvalue weighted by molar-refractivity contribution is 4.92. The summed E-state index contributed by atoms with van der Waals surface area (Å²) in [5.41, 5.74) is 0. The maximum Gasteiger partial charge on any atom is 0.109 e. The highest BCUT2D eigenvalue weighted by Gasteiger charge is 2.41. The topological polar surface area (TPSA) is 90.2 Å². The average molecular weight is 220 g/mol. The van der Waals surface area contributed by atoms with Crippen LogP contribution in [0.3, 0.4) is 0 Å². The van der Waals surface area contributed by atoms with Gasteiger partial charge in [0.1, 0.15) is 12.2 Å². The Kier molecular flexibility index (Phi) is 4.95. The maximum atomic E-state index is 9.62. The fourth-order valence-corrected chi connectivity index (χ4v) is 1.84. The molecule has 0 aromatic carbocycles. The normalized spacial score (nSPS) is 41.8. The van der Waals surface area contributed by atoms with E-state index in [1.165, 1.54) is 0 Å². The minimum absolute atomic E-state index is 0.253. The first kappa shape index (κ1) is 12.9. The summed E-state index contributed by atoms with van der Waals surface area (Å²) in [6.07, 6.45) is -3.43. The molecule has 4 N–H and O–H groups in total. The monoisotopic (exact) mass is 220 g/mol. The third-order valence-corrected chi connectivity index (χ3v) is 2.80. The Morgan fingerprint density at radius 2 is 1.73 bits per heavy atom. The van der Waals surface area contributed by atoms with E-state index in [-0.39, 0.29) is 12.3 Å². The van der Waals surface area contributed by atoms with Gasteiger partial charge in [-0.3, -0.25) is 0 Å². The molecule has 1 fully saturated rings. The summed E-state index contributed by atoms with van der Waals surface area (Å²) < 4.78 is 5.26. The highest BCUT2D eigenvalue weighted by Crippen LogP contribution is 2.26. The van der Waals surface area contributed by atoms with E-state index in [1.54, 1.807) is 0 Å². The van der Waals surface area contributed by atoms with E-state index in [0.717, 1.165) is 6.42 Å². The van der Waals surface area contributed by atoms with Crippen LogP contribution in [0, 0.1) is 5.92 Å². The standard InChI is InChI=1S/C10H20O5/c1-2-3-15-5-6-4-7(11)9(13)10(14)8(6)12/h6-14H,2-5H2,1H3. The van der Waals surface area contributed by atoms with Crippen LogP contribution in [0.2, 0.25) is 0 Å². The smallest absolute Gasteiger partial charge is 0.109 e. The molecule has 0 spiro atoms. The van der Waals surface area contributed by atoms with Gasteiger partial charge in [0.2, 0.25) is 0 Å². The summed E-state index contributed by atoms with van der Waals surface area (Å²) >= 11 is 0. The molecule has 0 bridgehead atoms. The molecule has 5 nitrogen and oxygen atoms in total. The molecule has 0 aliphatic heterocycles. The Morgan fingerprint density at radius 3 is 2.33 bits per heavy atom. The lowest BCUT2D eigenvalue weighted by molar-refractivity contribution is -0.166. The molecule has 5 unspecified atom stereocenters. The molecule has 1 aliphatic carbocycles. The van der Waals surface area contributed by atoms with E-state index in [2.05, 4.69) is 0 Å². The Morgan fingerprint density at radius 1 is 1.07 bits per heavy atom. The second kappa shape index (κ2) is 5.77. The molecule has 5 heteroatoms. The fourth-order valence-electron chi connectivity index (χ4n) is 1.84. The van der Waals surface area contributed by atoms with Crippen molar-refractivity contribution in [1.29, 1.82) is 0 Å². The molecule has 1 rings (SSSR count). The molecule has 0 saturated heterocycles. The van der Waals surface area contributed by atoms with E-state index < -0.39 is 24.4 Å². The molecule has 15 heavy (non-hydrogen) atoms. The Hall–Kier alpha value is -0.200. The minimum atomic E-state index is -1.29. The molecule has 0 radical (unpaired) electrons. The predicted molar refractivity (Wildman–Crippen MR) is 53.2 cm³/mol. The lowest BCUT2D eigenvalue weighted by Gasteiger charge is -2.38. The molecular weight excluding hydrogens is 200 g/mol. The van der Waals surface area contributed by atoms with Gasteiger partial charge in [0.15, 0.2) is 0 Å². The van der Waals surface area contributed by atoms with Crippen LogP contribution >= 0.6 is 0 Å². The summed E-state index contributed by atoms with van der Waals surface area (Å²) in [6, 6.07) is 0. The van der Waals surface area contributed by atoms with Crippen LogP contribution in [0.4, 0.5) is 0 Å². The van der Waals surface area contributed by atoms with Gasteiger partial charge in [-0.1, -0.05) is 6.92 Å². The zero-order chi connectivity index (χ0) is 11.4. The molecule has 0 heterocycles. The maximum absolute atomic E-state index is 9.62. The van der Waals surface area contributed by atoms with Crippen LogP contribution in [0.25, 0.3) is 0 Å². The van der Waals surface area contributed by atoms with Crippen molar-refractivity contribution in [3.05, 3.63) is 0 Å². The predicted octanol–water partition coefficient (Wildman–Crippen LogP) is -1.12. The van der Waals surface area contributed by atoms with Crippen LogP contribution in [-0.4, -0.2) is 58.1 Å². The molecule has 0 aromatic heterocycles. The summed E-state index contributed by atoms with van der Waals surface area (Å²) in [4.78, 5) is 0. The van der Waals surface area contributed by atoms with Gasteiger partial charge in [0, 0.05) is 12.5 Å². The van der Waals surface area contributed by atoms with Crippen molar-refractivity contribution >= 4 is 0 Å². The molecule has 90 valence electrons. The van der Waals surface area contributed by atoms with Crippen molar-refractivity contribution in [2.45, 2.75) is 44.2 Å². The van der Waals surface area contributed by atoms with Crippen molar-refractivity contribution < 1.29 is 25.2 Å². The van der Waals surface area contributed by atoms with Gasteiger partial charge in [-0.05, 0) is 12.8 Å². The quantitative estimate of drug-likeness (QED) is 0.450. The molecule has 5 atom stereocenters. The summed E-state index contributed by atoms with van der Waals surface area (Å²) in [5, 5.41) is 37.8. The van der Waals surface area contributed by atoms with Gasteiger partial charge in [-0.15, -0.1) is 0 Å². The summed E-state index contributed by atoms with van der Waals surface area (Å²) in [7, 11) is 0. The van der Waals surface area contributed by atoms with Gasteiger partial charge in [0.05, 0.1) is 18.8 Å². The van der Waals surface area contributed by atoms with Crippen LogP contribution in [0.15, 0.2) is 0 Å². The second-order valence-corrected chi connectivity index (χ2v) is 4.11. The van der Waals surface area contributed by atoms with Crippen LogP contribution in [0.1, 0.15) is 19.8 Å². The van der Waals surface area contributed by atoms with E-state index in [9.17, 15) is 20.4 Å². The highest BCUT2D eigenvalue weighted by atomic mass is 16.5. The second-order valence-electron chi connectivity index (χ2n) is 4.11. The van der Waals surface area contributed by atoms with Gasteiger partial charge < -0.3 is 25.2 Å². The summed E-state index contributed by atoms with van der Waals surface area (Å²) in [5.74, 6) is -0.315. The largest absolute Gasteiger partial charge is 0.390 e. The van der Waals surface area contributed by atoms with E-state index in [1.807, 2.05) is 6.92 Å². The number of aliphatic hydroxyl groups is 4. The summed E-state index contributed by atoms with van der Waals surface area (Å²) in [6.45, 7) is 2.87. The van der Waals surface area contributed by atoms with Gasteiger partial charge in [0.25, 0.3) is 0 Å². The molecule has 1 saturated carbocycles. The van der Waals surface area contributed by atoms with E-state index in [4.69, 9.17) is 4.74 Å². The number of ether oxygens (including phenoxy) is 1. The van der Waals surface area contributed by atoms with Crippen molar-refractivity contribution in [2.24, 2.45) is 5.92 Å². The molecular formula is C10H20O5. The first-order valence-electron chi connectivity index (χ1n) is 5.38. The Bertz CT molecular complexity index is 187. The van der Waals surface area contributed by atoms with Crippen LogP contribution in [-0.2, 0) is 4.74 Å². The SMILES string of the molecule is CCCOCC1CC(O)C(O)C(O)C1O. The van der Waals surface area contributed by atoms with Gasteiger partial charge in [-0.25, -0.2) is 0 Å². The van der Waals surface area contributed by atoms with E-state index in [0.29, 0.717) is 13.2 Å². The third kappa shape index (κ3) is 3.12. The fraction of sp³-hybridized carbons (Fsp3) is 1.00. The first-order valence-corrected chi connectivity index (χ1v) is 5.38. The number of rotatable bonds is 4. The van der Waals surface area contributed by atoms with Crippen molar-refractivity contribution in [3.8, 4) is 0 Å². The Labute approximate surface area is 89.3 Å². The lowest BCUT2D eigenvalue weighted by atomic mass is 9.81. The zero-order valence-electron chi connectivity index (χ0n) is 8.91. The van der Waals surface area contributed by atoms with Crippen molar-refractivity contribution in [1.82, 2.24) is 0 Å².